The Labute approximate surface area is 102 Å². The van der Waals surface area contributed by atoms with Gasteiger partial charge < -0.3 is 0 Å². The molecule has 16 heavy (non-hydrogen) atoms. The molecule has 2 aliphatic rings. The first-order valence-electron chi connectivity index (χ1n) is 5.10. The van der Waals surface area contributed by atoms with Crippen LogP contribution in [0.1, 0.15) is 5.56 Å². The van der Waals surface area contributed by atoms with E-state index in [1.807, 2.05) is 42.5 Å². The highest BCUT2D eigenvalue weighted by Crippen LogP contribution is 2.18. The molecule has 0 N–H and O–H groups in total. The Hall–Kier alpha value is -1.48. The number of amidine groups is 1. The van der Waals surface area contributed by atoms with Gasteiger partial charge in [-0.15, -0.1) is 0 Å². The van der Waals surface area contributed by atoms with Crippen molar-refractivity contribution in [1.29, 1.82) is 0 Å². The van der Waals surface area contributed by atoms with Crippen molar-refractivity contribution >= 4 is 27.5 Å². The van der Waals surface area contributed by atoms with Gasteiger partial charge in [0.1, 0.15) is 6.04 Å². The molecule has 0 saturated carbocycles. The summed E-state index contributed by atoms with van der Waals surface area (Å²) in [6.45, 7) is 0. The molecule has 78 valence electrons. The van der Waals surface area contributed by atoms with Crippen LogP contribution in [-0.4, -0.2) is 17.6 Å². The number of fused-ring (bicyclic) bond motifs is 1. The van der Waals surface area contributed by atoms with Crippen LogP contribution in [0.15, 0.2) is 63.0 Å². The Balaban J connectivity index is 1.98. The van der Waals surface area contributed by atoms with Crippen LogP contribution in [0.2, 0.25) is 0 Å². The molecule has 1 unspecified atom stereocenters. The molecular weight excluding hydrogens is 264 g/mol. The van der Waals surface area contributed by atoms with Crippen LogP contribution in [0, 0.1) is 0 Å². The molecule has 0 saturated heterocycles. The van der Waals surface area contributed by atoms with Crippen LogP contribution in [0.4, 0.5) is 0 Å². The third-order valence-electron chi connectivity index (χ3n) is 2.57. The maximum absolute atomic E-state index is 4.57. The van der Waals surface area contributed by atoms with Gasteiger partial charge in [0.2, 0.25) is 0 Å². The van der Waals surface area contributed by atoms with E-state index in [1.54, 1.807) is 0 Å². The van der Waals surface area contributed by atoms with Crippen LogP contribution in [0.5, 0.6) is 0 Å². The molecule has 0 fully saturated rings. The fraction of sp³-hybridized carbons (Fsp3) is 0.0769. The normalized spacial score (nSPS) is 21.7. The summed E-state index contributed by atoms with van der Waals surface area (Å²) in [7, 11) is 0. The van der Waals surface area contributed by atoms with Crippen molar-refractivity contribution in [2.24, 2.45) is 9.98 Å². The monoisotopic (exact) mass is 272 g/mol. The summed E-state index contributed by atoms with van der Waals surface area (Å²) >= 11 is 3.42. The van der Waals surface area contributed by atoms with Crippen LogP contribution < -0.4 is 0 Å². The number of nitrogens with zero attached hydrogens (tertiary/aromatic N) is 2. The lowest BCUT2D eigenvalue weighted by atomic mass is 10.1. The van der Waals surface area contributed by atoms with E-state index < -0.39 is 0 Å². The van der Waals surface area contributed by atoms with Crippen LogP contribution in [0.3, 0.4) is 0 Å². The lowest BCUT2D eigenvalue weighted by Crippen LogP contribution is -2.11. The van der Waals surface area contributed by atoms with E-state index >= 15 is 0 Å². The quantitative estimate of drug-likeness (QED) is 0.751. The molecule has 2 nitrogen and oxygen atoms in total. The maximum atomic E-state index is 4.57. The summed E-state index contributed by atoms with van der Waals surface area (Å²) in [5.74, 6) is 0.823. The molecule has 0 bridgehead atoms. The van der Waals surface area contributed by atoms with E-state index in [9.17, 15) is 0 Å². The summed E-state index contributed by atoms with van der Waals surface area (Å²) < 4.78 is 1.07. The van der Waals surface area contributed by atoms with Crippen LogP contribution in [-0.2, 0) is 0 Å². The van der Waals surface area contributed by atoms with Gasteiger partial charge in [-0.25, -0.2) is 4.99 Å². The highest BCUT2D eigenvalue weighted by molar-refractivity contribution is 9.10. The molecule has 0 spiro atoms. The Bertz CT molecular complexity index is 536. The van der Waals surface area contributed by atoms with Gasteiger partial charge in [0.15, 0.2) is 5.84 Å². The van der Waals surface area contributed by atoms with E-state index in [1.165, 1.54) is 0 Å². The zero-order valence-electron chi connectivity index (χ0n) is 8.47. The van der Waals surface area contributed by atoms with Crippen molar-refractivity contribution in [2.75, 3.05) is 0 Å². The first-order valence-corrected chi connectivity index (χ1v) is 5.89. The molecular formula is C13H9BrN2. The molecule has 1 aromatic carbocycles. The second-order valence-corrected chi connectivity index (χ2v) is 4.60. The zero-order valence-corrected chi connectivity index (χ0v) is 10.1. The molecule has 1 heterocycles. The topological polar surface area (TPSA) is 24.7 Å². The van der Waals surface area contributed by atoms with E-state index in [4.69, 9.17) is 0 Å². The molecule has 1 aliphatic carbocycles. The fourth-order valence-corrected chi connectivity index (χ4v) is 2.02. The van der Waals surface area contributed by atoms with Crippen molar-refractivity contribution in [3.8, 4) is 0 Å². The third kappa shape index (κ3) is 1.67. The van der Waals surface area contributed by atoms with Crippen LogP contribution in [0.25, 0.3) is 0 Å². The largest absolute Gasteiger partial charge is 0.252 e. The predicted octanol–water partition coefficient (Wildman–Crippen LogP) is 3.14. The van der Waals surface area contributed by atoms with E-state index in [0.29, 0.717) is 0 Å². The highest BCUT2D eigenvalue weighted by Gasteiger charge is 2.20. The summed E-state index contributed by atoms with van der Waals surface area (Å²) in [6.07, 6.45) is 8.08. The second-order valence-electron chi connectivity index (χ2n) is 3.69. The minimum absolute atomic E-state index is 0.114. The highest BCUT2D eigenvalue weighted by atomic mass is 79.9. The second kappa shape index (κ2) is 3.83. The SMILES string of the molecule is Brc1ccc(C2=NC3C=CC=CC3=N2)cc1. The summed E-state index contributed by atoms with van der Waals surface area (Å²) in [5.41, 5.74) is 2.09. The van der Waals surface area contributed by atoms with Crippen LogP contribution >= 0.6 is 15.9 Å². The maximum Gasteiger partial charge on any atom is 0.155 e. The van der Waals surface area contributed by atoms with Gasteiger partial charge in [0.05, 0.1) is 5.71 Å². The van der Waals surface area contributed by atoms with Crippen molar-refractivity contribution < 1.29 is 0 Å². The molecule has 1 aromatic rings. The first-order chi connectivity index (χ1) is 7.83. The van der Waals surface area contributed by atoms with E-state index in [0.717, 1.165) is 21.6 Å². The Morgan fingerprint density at radius 1 is 1.06 bits per heavy atom. The van der Waals surface area contributed by atoms with Crippen molar-refractivity contribution in [3.63, 3.8) is 0 Å². The molecule has 0 amide bonds. The molecule has 1 aliphatic heterocycles. The molecule has 0 aromatic heterocycles. The number of hydrogen-bond donors (Lipinski definition) is 0. The first kappa shape index (κ1) is 9.73. The molecule has 0 radical (unpaired) electrons. The predicted molar refractivity (Wildman–Crippen MR) is 70.2 cm³/mol. The standard InChI is InChI=1S/C13H9BrN2/c14-10-7-5-9(6-8-10)13-15-11-3-1-2-4-12(11)16-13/h1-8,11H. The number of hydrogen-bond acceptors (Lipinski definition) is 2. The average Bonchev–Trinajstić information content (AvgIpc) is 2.73. The van der Waals surface area contributed by atoms with Gasteiger partial charge in [-0.1, -0.05) is 46.3 Å². The number of aliphatic imine (C=N–C) groups is 2. The lowest BCUT2D eigenvalue weighted by Gasteiger charge is -2.02. The van der Waals surface area contributed by atoms with Crippen molar-refractivity contribution in [2.45, 2.75) is 6.04 Å². The van der Waals surface area contributed by atoms with Gasteiger partial charge in [0.25, 0.3) is 0 Å². The Morgan fingerprint density at radius 3 is 2.62 bits per heavy atom. The van der Waals surface area contributed by atoms with Gasteiger partial charge in [0, 0.05) is 10.0 Å². The molecule has 1 atom stereocenters. The van der Waals surface area contributed by atoms with Crippen molar-refractivity contribution in [1.82, 2.24) is 0 Å². The number of allylic oxidation sites excluding steroid dienone is 2. The summed E-state index contributed by atoms with van der Waals surface area (Å²) in [5, 5.41) is 0. The minimum atomic E-state index is 0.114. The number of rotatable bonds is 1. The molecule has 3 heteroatoms. The number of benzene rings is 1. The van der Waals surface area contributed by atoms with Crippen molar-refractivity contribution in [3.05, 3.63) is 58.6 Å². The van der Waals surface area contributed by atoms with Gasteiger partial charge in [-0.05, 0) is 18.2 Å². The average molecular weight is 273 g/mol. The summed E-state index contributed by atoms with van der Waals surface area (Å²) in [4.78, 5) is 9.09. The van der Waals surface area contributed by atoms with E-state index in [-0.39, 0.29) is 6.04 Å². The Kier molecular flexibility index (Phi) is 2.33. The molecule has 3 rings (SSSR count). The van der Waals surface area contributed by atoms with Gasteiger partial charge in [-0.2, -0.15) is 0 Å². The summed E-state index contributed by atoms with van der Waals surface area (Å²) in [6, 6.07) is 8.18. The number of halogens is 1. The smallest absolute Gasteiger partial charge is 0.155 e. The Morgan fingerprint density at radius 2 is 1.88 bits per heavy atom. The van der Waals surface area contributed by atoms with E-state index in [2.05, 4.69) is 32.0 Å². The van der Waals surface area contributed by atoms with Gasteiger partial charge >= 0.3 is 0 Å². The third-order valence-corrected chi connectivity index (χ3v) is 3.10. The fourth-order valence-electron chi connectivity index (χ4n) is 1.75. The minimum Gasteiger partial charge on any atom is -0.252 e. The zero-order chi connectivity index (χ0) is 11.0. The van der Waals surface area contributed by atoms with Gasteiger partial charge in [-0.3, -0.25) is 4.99 Å². The lowest BCUT2D eigenvalue weighted by molar-refractivity contribution is 1.11.